The fourth-order valence-electron chi connectivity index (χ4n) is 2.87. The number of nitrogens with one attached hydrogen (secondary N) is 1. The molecule has 27 heavy (non-hydrogen) atoms. The summed E-state index contributed by atoms with van der Waals surface area (Å²) in [5.74, 6) is -1.24. The molecule has 0 aliphatic carbocycles. The van der Waals surface area contributed by atoms with Gasteiger partial charge in [0.25, 0.3) is 17.7 Å². The summed E-state index contributed by atoms with van der Waals surface area (Å²) in [4.78, 5) is 42.4. The SMILES string of the molecule is O=C(Nc1ccc(N2C(=O)c3ccccc3C2=O)c(Cl)c1)c1ccccn1. The van der Waals surface area contributed by atoms with Crippen LogP contribution in [0.5, 0.6) is 0 Å². The van der Waals surface area contributed by atoms with E-state index in [-0.39, 0.29) is 22.3 Å². The lowest BCUT2D eigenvalue weighted by Gasteiger charge is -2.16. The quantitative estimate of drug-likeness (QED) is 0.704. The van der Waals surface area contributed by atoms with Gasteiger partial charge in [0, 0.05) is 11.9 Å². The minimum Gasteiger partial charge on any atom is -0.321 e. The van der Waals surface area contributed by atoms with Crippen molar-refractivity contribution in [3.63, 3.8) is 0 Å². The van der Waals surface area contributed by atoms with Crippen LogP contribution in [0, 0.1) is 0 Å². The first-order valence-electron chi connectivity index (χ1n) is 8.06. The molecular formula is C20H12ClN3O3. The number of carbonyl (C=O) groups excluding carboxylic acids is 3. The molecule has 0 spiro atoms. The van der Waals surface area contributed by atoms with Crippen LogP contribution in [-0.4, -0.2) is 22.7 Å². The summed E-state index contributed by atoms with van der Waals surface area (Å²) in [6, 6.07) is 16.2. The molecule has 0 saturated heterocycles. The summed E-state index contributed by atoms with van der Waals surface area (Å²) >= 11 is 6.30. The molecule has 2 heterocycles. The normalized spacial score (nSPS) is 12.9. The molecule has 0 bridgehead atoms. The third kappa shape index (κ3) is 2.96. The largest absolute Gasteiger partial charge is 0.321 e. The van der Waals surface area contributed by atoms with Crippen LogP contribution in [0.15, 0.2) is 66.9 Å². The third-order valence-electron chi connectivity index (χ3n) is 4.14. The minimum atomic E-state index is -0.428. The van der Waals surface area contributed by atoms with E-state index in [9.17, 15) is 14.4 Å². The molecule has 4 rings (SSSR count). The molecule has 0 unspecified atom stereocenters. The van der Waals surface area contributed by atoms with E-state index in [1.54, 1.807) is 48.5 Å². The predicted molar refractivity (Wildman–Crippen MR) is 101 cm³/mol. The average Bonchev–Trinajstić information content (AvgIpc) is 2.94. The molecule has 3 aromatic rings. The Morgan fingerprint density at radius 2 is 1.59 bits per heavy atom. The molecule has 0 saturated carbocycles. The van der Waals surface area contributed by atoms with Crippen molar-refractivity contribution in [3.05, 3.63) is 88.7 Å². The van der Waals surface area contributed by atoms with Crippen LogP contribution in [0.1, 0.15) is 31.2 Å². The highest BCUT2D eigenvalue weighted by atomic mass is 35.5. The number of fused-ring (bicyclic) bond motifs is 1. The third-order valence-corrected chi connectivity index (χ3v) is 4.44. The summed E-state index contributed by atoms with van der Waals surface area (Å²) in [5, 5.41) is 2.85. The van der Waals surface area contributed by atoms with Crippen LogP contribution in [0.4, 0.5) is 11.4 Å². The number of imide groups is 1. The molecule has 7 heteroatoms. The average molecular weight is 378 g/mol. The molecular weight excluding hydrogens is 366 g/mol. The Morgan fingerprint density at radius 1 is 0.926 bits per heavy atom. The highest BCUT2D eigenvalue weighted by molar-refractivity contribution is 6.40. The van der Waals surface area contributed by atoms with Crippen LogP contribution in [-0.2, 0) is 0 Å². The standard InChI is InChI=1S/C20H12ClN3O3/c21-15-11-12(23-18(25)16-7-3-4-10-22-16)8-9-17(15)24-19(26)13-5-1-2-6-14(13)20(24)27/h1-11H,(H,23,25). The lowest BCUT2D eigenvalue weighted by atomic mass is 10.1. The highest BCUT2D eigenvalue weighted by Gasteiger charge is 2.37. The fraction of sp³-hybridized carbons (Fsp3) is 0. The second-order valence-electron chi connectivity index (χ2n) is 5.83. The number of rotatable bonds is 3. The maximum absolute atomic E-state index is 12.6. The van der Waals surface area contributed by atoms with Crippen molar-refractivity contribution in [2.75, 3.05) is 10.2 Å². The minimum absolute atomic E-state index is 0.170. The van der Waals surface area contributed by atoms with Crippen LogP contribution in [0.2, 0.25) is 5.02 Å². The highest BCUT2D eigenvalue weighted by Crippen LogP contribution is 2.34. The molecule has 0 fully saturated rings. The lowest BCUT2D eigenvalue weighted by Crippen LogP contribution is -2.29. The van der Waals surface area contributed by atoms with Gasteiger partial charge in [0.2, 0.25) is 0 Å². The molecule has 1 N–H and O–H groups in total. The van der Waals surface area contributed by atoms with Crippen LogP contribution in [0.3, 0.4) is 0 Å². The Labute approximate surface area is 159 Å². The van der Waals surface area contributed by atoms with Gasteiger partial charge in [0.1, 0.15) is 5.69 Å². The van der Waals surface area contributed by atoms with Crippen LogP contribution < -0.4 is 10.2 Å². The van der Waals surface area contributed by atoms with E-state index >= 15 is 0 Å². The van der Waals surface area contributed by atoms with E-state index < -0.39 is 11.8 Å². The molecule has 1 aliphatic heterocycles. The topological polar surface area (TPSA) is 79.4 Å². The first-order chi connectivity index (χ1) is 13.1. The number of halogens is 1. The van der Waals surface area contributed by atoms with Gasteiger partial charge in [-0.25, -0.2) is 4.90 Å². The van der Waals surface area contributed by atoms with Gasteiger partial charge in [-0.15, -0.1) is 0 Å². The zero-order valence-electron chi connectivity index (χ0n) is 13.8. The van der Waals surface area contributed by atoms with Gasteiger partial charge in [0.05, 0.1) is 21.8 Å². The summed E-state index contributed by atoms with van der Waals surface area (Å²) in [6.07, 6.45) is 1.52. The number of carbonyl (C=O) groups is 3. The van der Waals surface area contributed by atoms with E-state index in [2.05, 4.69) is 10.3 Å². The van der Waals surface area contributed by atoms with Crippen molar-refractivity contribution in [1.29, 1.82) is 0 Å². The van der Waals surface area contributed by atoms with Crippen LogP contribution in [0.25, 0.3) is 0 Å². The van der Waals surface area contributed by atoms with Gasteiger partial charge in [-0.05, 0) is 42.5 Å². The van der Waals surface area contributed by atoms with Gasteiger partial charge in [-0.1, -0.05) is 29.8 Å². The Hall–Kier alpha value is -3.51. The zero-order valence-corrected chi connectivity index (χ0v) is 14.6. The van der Waals surface area contributed by atoms with Gasteiger partial charge >= 0.3 is 0 Å². The van der Waals surface area contributed by atoms with Crippen molar-refractivity contribution in [2.45, 2.75) is 0 Å². The maximum Gasteiger partial charge on any atom is 0.274 e. The van der Waals surface area contributed by atoms with Crippen molar-refractivity contribution in [2.24, 2.45) is 0 Å². The Morgan fingerprint density at radius 3 is 2.19 bits per heavy atom. The Balaban J connectivity index is 1.61. The first-order valence-corrected chi connectivity index (χ1v) is 8.44. The Kier molecular flexibility index (Phi) is 4.18. The molecule has 0 atom stereocenters. The molecule has 1 aliphatic rings. The van der Waals surface area contributed by atoms with E-state index in [1.165, 1.54) is 18.3 Å². The van der Waals surface area contributed by atoms with E-state index in [4.69, 9.17) is 11.6 Å². The van der Waals surface area contributed by atoms with Crippen molar-refractivity contribution in [3.8, 4) is 0 Å². The molecule has 3 amide bonds. The summed E-state index contributed by atoms with van der Waals surface area (Å²) in [6.45, 7) is 0. The van der Waals surface area contributed by atoms with Crippen molar-refractivity contribution in [1.82, 2.24) is 4.98 Å². The monoisotopic (exact) mass is 377 g/mol. The van der Waals surface area contributed by atoms with Gasteiger partial charge in [0.15, 0.2) is 0 Å². The summed E-state index contributed by atoms with van der Waals surface area (Å²) in [5.41, 5.74) is 1.63. The van der Waals surface area contributed by atoms with E-state index in [1.807, 2.05) is 0 Å². The second-order valence-corrected chi connectivity index (χ2v) is 6.23. The molecule has 0 radical (unpaired) electrons. The second kappa shape index (κ2) is 6.66. The van der Waals surface area contributed by atoms with E-state index in [0.717, 1.165) is 4.90 Å². The maximum atomic E-state index is 12.6. The van der Waals surface area contributed by atoms with Gasteiger partial charge in [-0.3, -0.25) is 19.4 Å². The number of hydrogen-bond acceptors (Lipinski definition) is 4. The number of pyridine rings is 1. The van der Waals surface area contributed by atoms with Crippen LogP contribution >= 0.6 is 11.6 Å². The lowest BCUT2D eigenvalue weighted by molar-refractivity contribution is 0.0924. The van der Waals surface area contributed by atoms with Gasteiger partial charge in [-0.2, -0.15) is 0 Å². The molecule has 132 valence electrons. The number of nitrogens with zero attached hydrogens (tertiary/aromatic N) is 2. The van der Waals surface area contributed by atoms with Gasteiger partial charge < -0.3 is 5.32 Å². The molecule has 2 aromatic carbocycles. The molecule has 6 nitrogen and oxygen atoms in total. The van der Waals surface area contributed by atoms with Crippen molar-refractivity contribution < 1.29 is 14.4 Å². The predicted octanol–water partition coefficient (Wildman–Crippen LogP) is 3.79. The number of hydrogen-bond donors (Lipinski definition) is 1. The zero-order chi connectivity index (χ0) is 19.0. The number of anilines is 2. The van der Waals surface area contributed by atoms with E-state index in [0.29, 0.717) is 16.8 Å². The first kappa shape index (κ1) is 16.9. The Bertz CT molecular complexity index is 1050. The number of aromatic nitrogens is 1. The summed E-state index contributed by atoms with van der Waals surface area (Å²) < 4.78 is 0. The smallest absolute Gasteiger partial charge is 0.274 e. The fourth-order valence-corrected chi connectivity index (χ4v) is 3.13. The number of amides is 3. The summed E-state index contributed by atoms with van der Waals surface area (Å²) in [7, 11) is 0. The number of benzene rings is 2. The van der Waals surface area contributed by atoms with Crippen molar-refractivity contribution >= 4 is 40.7 Å². The molecule has 1 aromatic heterocycles.